The number of anilines is 1. The van der Waals surface area contributed by atoms with Gasteiger partial charge in [0.05, 0.1) is 12.8 Å². The number of furan rings is 1. The maximum absolute atomic E-state index is 13.3. The number of hydrogen-bond acceptors (Lipinski definition) is 5. The quantitative estimate of drug-likeness (QED) is 0.418. The minimum atomic E-state index is -1.19. The van der Waals surface area contributed by atoms with Gasteiger partial charge in [-0.2, -0.15) is 0 Å². The Hall–Kier alpha value is -4.33. The number of nitrogens with zero attached hydrogens (tertiary/aromatic N) is 1. The summed E-state index contributed by atoms with van der Waals surface area (Å²) in [6.45, 7) is 1.39. The molecule has 4 aromatic rings. The zero-order valence-corrected chi connectivity index (χ0v) is 18.8. The summed E-state index contributed by atoms with van der Waals surface area (Å²) in [6.07, 6.45) is 0.357. The van der Waals surface area contributed by atoms with Crippen molar-refractivity contribution in [1.29, 1.82) is 0 Å². The van der Waals surface area contributed by atoms with E-state index in [2.05, 4.69) is 10.6 Å². The molecule has 2 N–H and O–H groups in total. The first-order valence-electron chi connectivity index (χ1n) is 11.0. The van der Waals surface area contributed by atoms with E-state index in [0.717, 1.165) is 21.3 Å². The third kappa shape index (κ3) is 3.35. The molecule has 1 aliphatic heterocycles. The molecule has 4 amide bonds. The second-order valence-corrected chi connectivity index (χ2v) is 8.14. The van der Waals surface area contributed by atoms with Crippen molar-refractivity contribution in [2.75, 3.05) is 19.0 Å². The fourth-order valence-corrected chi connectivity index (χ4v) is 4.48. The van der Waals surface area contributed by atoms with Crippen molar-refractivity contribution >= 4 is 45.5 Å². The number of ether oxygens (including phenoxy) is 1. The SMILES string of the molecule is CCC1(c2ccccc2)NC(=O)N(CC(=O)Nc2cc3oc4ccccc4c3cc2OC)C1=O. The molecule has 1 aliphatic rings. The van der Waals surface area contributed by atoms with Crippen LogP contribution in [0.3, 0.4) is 0 Å². The molecule has 0 bridgehead atoms. The highest BCUT2D eigenvalue weighted by Gasteiger charge is 2.51. The normalized spacial score (nSPS) is 17.9. The average molecular weight is 457 g/mol. The van der Waals surface area contributed by atoms with E-state index in [9.17, 15) is 14.4 Å². The van der Waals surface area contributed by atoms with Gasteiger partial charge in [-0.05, 0) is 24.1 Å². The molecular weight excluding hydrogens is 434 g/mol. The van der Waals surface area contributed by atoms with E-state index in [1.54, 1.807) is 24.3 Å². The molecule has 172 valence electrons. The van der Waals surface area contributed by atoms with Crippen molar-refractivity contribution in [3.63, 3.8) is 0 Å². The Morgan fingerprint density at radius 2 is 1.76 bits per heavy atom. The molecule has 8 heteroatoms. The minimum absolute atomic E-state index is 0.357. The standard InChI is InChI=1S/C26H23N3O5/c1-3-26(16-9-5-4-6-10-16)24(31)29(25(32)28-26)15-23(30)27-19-14-21-18(13-22(19)33-2)17-11-7-8-12-20(17)34-21/h4-14H,3,15H2,1-2H3,(H,27,30)(H,28,32). The van der Waals surface area contributed by atoms with Crippen molar-refractivity contribution in [1.82, 2.24) is 10.2 Å². The molecular formula is C26H23N3O5. The van der Waals surface area contributed by atoms with E-state index in [-0.39, 0.29) is 0 Å². The number of carbonyl (C=O) groups excluding carboxylic acids is 3. The van der Waals surface area contributed by atoms with Gasteiger partial charge in [-0.25, -0.2) is 4.79 Å². The van der Waals surface area contributed by atoms with Crippen LogP contribution >= 0.6 is 0 Å². The van der Waals surface area contributed by atoms with Gasteiger partial charge in [0.1, 0.15) is 29.0 Å². The Bertz CT molecular complexity index is 1430. The van der Waals surface area contributed by atoms with Crippen LogP contribution in [-0.4, -0.2) is 36.4 Å². The Labute approximate surface area is 195 Å². The number of amides is 4. The monoisotopic (exact) mass is 457 g/mol. The number of imide groups is 1. The Kier molecular flexibility index (Phi) is 5.20. The van der Waals surface area contributed by atoms with E-state index in [1.807, 2.05) is 49.4 Å². The van der Waals surface area contributed by atoms with Gasteiger partial charge in [0.15, 0.2) is 0 Å². The number of nitrogens with one attached hydrogen (secondary N) is 2. The molecule has 1 aromatic heterocycles. The van der Waals surface area contributed by atoms with Gasteiger partial charge < -0.3 is 19.8 Å². The number of urea groups is 1. The predicted octanol–water partition coefficient (Wildman–Crippen LogP) is 4.39. The number of benzene rings is 3. The van der Waals surface area contributed by atoms with Crippen molar-refractivity contribution in [3.8, 4) is 5.75 Å². The van der Waals surface area contributed by atoms with Gasteiger partial charge in [0.2, 0.25) is 5.91 Å². The lowest BCUT2D eigenvalue weighted by atomic mass is 9.87. The number of methoxy groups -OCH3 is 1. The highest BCUT2D eigenvalue weighted by molar-refractivity contribution is 6.11. The highest BCUT2D eigenvalue weighted by Crippen LogP contribution is 2.37. The zero-order chi connectivity index (χ0) is 23.9. The topological polar surface area (TPSA) is 101 Å². The van der Waals surface area contributed by atoms with Crippen LogP contribution in [-0.2, 0) is 15.1 Å². The Morgan fingerprint density at radius 3 is 2.50 bits per heavy atom. The molecule has 1 fully saturated rings. The van der Waals surface area contributed by atoms with Gasteiger partial charge in [-0.1, -0.05) is 55.5 Å². The molecule has 1 saturated heterocycles. The third-order valence-corrected chi connectivity index (χ3v) is 6.25. The van der Waals surface area contributed by atoms with Gasteiger partial charge >= 0.3 is 6.03 Å². The molecule has 0 aliphatic carbocycles. The number of hydrogen-bond donors (Lipinski definition) is 2. The van der Waals surface area contributed by atoms with Crippen molar-refractivity contribution in [2.45, 2.75) is 18.9 Å². The first-order valence-corrected chi connectivity index (χ1v) is 11.0. The summed E-state index contributed by atoms with van der Waals surface area (Å²) in [6, 6.07) is 19.5. The van der Waals surface area contributed by atoms with Crippen LogP contribution in [0.4, 0.5) is 10.5 Å². The molecule has 1 unspecified atom stereocenters. The molecule has 0 radical (unpaired) electrons. The lowest BCUT2D eigenvalue weighted by Gasteiger charge is -2.25. The van der Waals surface area contributed by atoms with Crippen LogP contribution in [0.15, 0.2) is 71.1 Å². The Balaban J connectivity index is 1.40. The lowest BCUT2D eigenvalue weighted by molar-refractivity contribution is -0.134. The molecule has 0 spiro atoms. The second kappa shape index (κ2) is 8.22. The fraction of sp³-hybridized carbons (Fsp3) is 0.192. The van der Waals surface area contributed by atoms with Gasteiger partial charge in [-0.3, -0.25) is 14.5 Å². The number of fused-ring (bicyclic) bond motifs is 3. The maximum atomic E-state index is 13.3. The van der Waals surface area contributed by atoms with Gasteiger partial charge in [0, 0.05) is 16.8 Å². The number of para-hydroxylation sites is 1. The first kappa shape index (κ1) is 21.5. The van der Waals surface area contributed by atoms with Gasteiger partial charge in [-0.15, -0.1) is 0 Å². The first-order chi connectivity index (χ1) is 16.5. The van der Waals surface area contributed by atoms with Crippen LogP contribution in [0.2, 0.25) is 0 Å². The summed E-state index contributed by atoms with van der Waals surface area (Å²) in [7, 11) is 1.51. The average Bonchev–Trinajstić information content (AvgIpc) is 3.33. The largest absolute Gasteiger partial charge is 0.495 e. The molecule has 0 saturated carbocycles. The van der Waals surface area contributed by atoms with Crippen LogP contribution < -0.4 is 15.4 Å². The summed E-state index contributed by atoms with van der Waals surface area (Å²) in [5.41, 5.74) is 1.18. The summed E-state index contributed by atoms with van der Waals surface area (Å²) in [5, 5.41) is 7.33. The third-order valence-electron chi connectivity index (χ3n) is 6.25. The predicted molar refractivity (Wildman–Crippen MR) is 128 cm³/mol. The molecule has 3 aromatic carbocycles. The van der Waals surface area contributed by atoms with Crippen LogP contribution in [0, 0.1) is 0 Å². The maximum Gasteiger partial charge on any atom is 0.325 e. The molecule has 1 atom stereocenters. The zero-order valence-electron chi connectivity index (χ0n) is 18.8. The number of rotatable bonds is 6. The lowest BCUT2D eigenvalue weighted by Crippen LogP contribution is -2.44. The highest BCUT2D eigenvalue weighted by atomic mass is 16.5. The van der Waals surface area contributed by atoms with E-state index >= 15 is 0 Å². The summed E-state index contributed by atoms with van der Waals surface area (Å²) in [5.74, 6) is -0.546. The van der Waals surface area contributed by atoms with E-state index in [0.29, 0.717) is 29.0 Å². The summed E-state index contributed by atoms with van der Waals surface area (Å²) < 4.78 is 11.4. The van der Waals surface area contributed by atoms with E-state index in [1.165, 1.54) is 7.11 Å². The van der Waals surface area contributed by atoms with Crippen molar-refractivity contribution in [2.24, 2.45) is 0 Å². The molecule has 8 nitrogen and oxygen atoms in total. The van der Waals surface area contributed by atoms with Crippen LogP contribution in [0.25, 0.3) is 21.9 Å². The summed E-state index contributed by atoms with van der Waals surface area (Å²) >= 11 is 0. The van der Waals surface area contributed by atoms with E-state index in [4.69, 9.17) is 9.15 Å². The molecule has 2 heterocycles. The van der Waals surface area contributed by atoms with Crippen LogP contribution in [0.1, 0.15) is 18.9 Å². The number of carbonyl (C=O) groups is 3. The fourth-order valence-electron chi connectivity index (χ4n) is 4.48. The molecule has 5 rings (SSSR count). The Morgan fingerprint density at radius 1 is 1.03 bits per heavy atom. The van der Waals surface area contributed by atoms with Crippen molar-refractivity contribution < 1.29 is 23.5 Å². The second-order valence-electron chi connectivity index (χ2n) is 8.14. The summed E-state index contributed by atoms with van der Waals surface area (Å²) in [4.78, 5) is 39.8. The molecule has 34 heavy (non-hydrogen) atoms. The smallest absolute Gasteiger partial charge is 0.325 e. The van der Waals surface area contributed by atoms with Crippen LogP contribution in [0.5, 0.6) is 5.75 Å². The van der Waals surface area contributed by atoms with Gasteiger partial charge in [0.25, 0.3) is 5.91 Å². The van der Waals surface area contributed by atoms with Crippen molar-refractivity contribution in [3.05, 3.63) is 72.3 Å². The van der Waals surface area contributed by atoms with E-state index < -0.39 is 29.9 Å². The minimum Gasteiger partial charge on any atom is -0.495 e.